The van der Waals surface area contributed by atoms with Gasteiger partial charge in [-0.1, -0.05) is 0 Å². The smallest absolute Gasteiger partial charge is 0.127 e. The summed E-state index contributed by atoms with van der Waals surface area (Å²) in [6, 6.07) is 10.2. The molecule has 0 saturated heterocycles. The van der Waals surface area contributed by atoms with Crippen molar-refractivity contribution in [2.24, 2.45) is 0 Å². The fourth-order valence-electron chi connectivity index (χ4n) is 1.35. The maximum Gasteiger partial charge on any atom is 0.127 e. The Labute approximate surface area is 103 Å². The molecule has 0 N–H and O–H groups in total. The summed E-state index contributed by atoms with van der Waals surface area (Å²) in [5.74, 6) is 0.233. The van der Waals surface area contributed by atoms with E-state index in [9.17, 15) is 4.39 Å². The monoisotopic (exact) mass is 244 g/mol. The highest BCUT2D eigenvalue weighted by molar-refractivity contribution is 7.98. The van der Waals surface area contributed by atoms with Crippen LogP contribution in [0.25, 0.3) is 0 Å². The van der Waals surface area contributed by atoms with Crippen LogP contribution in [-0.2, 0) is 5.75 Å². The van der Waals surface area contributed by atoms with Crippen molar-refractivity contribution >= 4 is 11.8 Å². The first-order valence-corrected chi connectivity index (χ1v) is 5.99. The Hall–Kier alpha value is -1.86. The molecule has 1 aromatic carbocycles. The molecule has 0 radical (unpaired) electrons. The molecular formula is C13H9FN2S. The summed E-state index contributed by atoms with van der Waals surface area (Å²) in [6.07, 6.45) is 3.40. The minimum absolute atomic E-state index is 0.273. The third kappa shape index (κ3) is 3.05. The fourth-order valence-corrected chi connectivity index (χ4v) is 2.21. The zero-order chi connectivity index (χ0) is 12.1. The number of hydrogen-bond donors (Lipinski definition) is 0. The largest absolute Gasteiger partial charge is 0.265 e. The van der Waals surface area contributed by atoms with Gasteiger partial charge in [-0.05, 0) is 35.9 Å². The maximum atomic E-state index is 13.5. The number of hydrogen-bond acceptors (Lipinski definition) is 3. The molecule has 2 nitrogen and oxygen atoms in total. The summed E-state index contributed by atoms with van der Waals surface area (Å²) in [5.41, 5.74) is 1.03. The van der Waals surface area contributed by atoms with Gasteiger partial charge in [-0.2, -0.15) is 5.26 Å². The van der Waals surface area contributed by atoms with Gasteiger partial charge in [-0.15, -0.1) is 11.8 Å². The summed E-state index contributed by atoms with van der Waals surface area (Å²) in [4.78, 5) is 4.94. The molecule has 2 rings (SSSR count). The molecule has 1 aromatic heterocycles. The number of rotatable bonds is 3. The molecule has 17 heavy (non-hydrogen) atoms. The van der Waals surface area contributed by atoms with Crippen molar-refractivity contribution in [1.82, 2.24) is 4.98 Å². The third-order valence-corrected chi connectivity index (χ3v) is 3.28. The first-order valence-electron chi connectivity index (χ1n) is 5.01. The molecule has 0 bridgehead atoms. The van der Waals surface area contributed by atoms with Crippen LogP contribution in [0.15, 0.2) is 47.6 Å². The average molecular weight is 244 g/mol. The highest BCUT2D eigenvalue weighted by Crippen LogP contribution is 2.23. The van der Waals surface area contributed by atoms with Crippen LogP contribution < -0.4 is 0 Å². The Balaban J connectivity index is 2.12. The van der Waals surface area contributed by atoms with Crippen LogP contribution in [0.1, 0.15) is 11.1 Å². The first-order chi connectivity index (χ1) is 8.29. The van der Waals surface area contributed by atoms with Gasteiger partial charge in [0.15, 0.2) is 0 Å². The predicted octanol–water partition coefficient (Wildman–Crippen LogP) is 3.38. The van der Waals surface area contributed by atoms with Gasteiger partial charge in [0.25, 0.3) is 0 Å². The summed E-state index contributed by atoms with van der Waals surface area (Å²) in [7, 11) is 0. The number of benzene rings is 1. The molecule has 0 saturated carbocycles. The van der Waals surface area contributed by atoms with Crippen LogP contribution in [0.4, 0.5) is 4.39 Å². The zero-order valence-electron chi connectivity index (χ0n) is 8.93. The molecule has 0 amide bonds. The topological polar surface area (TPSA) is 36.7 Å². The Morgan fingerprint density at radius 2 is 2.00 bits per heavy atom. The molecule has 0 spiro atoms. The number of halogens is 1. The molecule has 0 atom stereocenters. The van der Waals surface area contributed by atoms with Crippen molar-refractivity contribution in [3.63, 3.8) is 0 Å². The van der Waals surface area contributed by atoms with Crippen LogP contribution in [0.2, 0.25) is 0 Å². The number of nitriles is 1. The van der Waals surface area contributed by atoms with Crippen molar-refractivity contribution in [2.45, 2.75) is 10.6 Å². The molecular weight excluding hydrogens is 235 g/mol. The first kappa shape index (κ1) is 11.6. The van der Waals surface area contributed by atoms with E-state index >= 15 is 0 Å². The van der Waals surface area contributed by atoms with Crippen LogP contribution in [-0.4, -0.2) is 4.98 Å². The molecule has 4 heteroatoms. The van der Waals surface area contributed by atoms with E-state index in [1.54, 1.807) is 18.5 Å². The molecule has 0 aliphatic heterocycles. The van der Waals surface area contributed by atoms with Gasteiger partial charge >= 0.3 is 0 Å². The van der Waals surface area contributed by atoms with E-state index in [4.69, 9.17) is 5.26 Å². The predicted molar refractivity (Wildman–Crippen MR) is 64.9 cm³/mol. The van der Waals surface area contributed by atoms with Crippen LogP contribution >= 0.6 is 11.8 Å². The van der Waals surface area contributed by atoms with E-state index in [1.807, 2.05) is 18.2 Å². The van der Waals surface area contributed by atoms with Crippen molar-refractivity contribution < 1.29 is 4.39 Å². The average Bonchev–Trinajstić information content (AvgIpc) is 2.39. The quantitative estimate of drug-likeness (QED) is 0.776. The Bertz CT molecular complexity index is 549. The van der Waals surface area contributed by atoms with Gasteiger partial charge in [0.1, 0.15) is 5.82 Å². The summed E-state index contributed by atoms with van der Waals surface area (Å²) < 4.78 is 13.5. The lowest BCUT2D eigenvalue weighted by molar-refractivity contribution is 0.617. The standard InChI is InChI=1S/C13H9FN2S/c14-13-2-1-10(8-15)7-11(13)9-17-12-3-5-16-6-4-12/h1-7H,9H2. The van der Waals surface area contributed by atoms with Gasteiger partial charge in [-0.25, -0.2) is 4.39 Å². The zero-order valence-corrected chi connectivity index (χ0v) is 9.75. The molecule has 0 aliphatic carbocycles. The van der Waals surface area contributed by atoms with Gasteiger partial charge in [-0.3, -0.25) is 4.98 Å². The summed E-state index contributed by atoms with van der Waals surface area (Å²) in [5, 5.41) is 8.75. The lowest BCUT2D eigenvalue weighted by Crippen LogP contribution is -1.89. The van der Waals surface area contributed by atoms with Crippen molar-refractivity contribution in [1.29, 1.82) is 5.26 Å². The minimum atomic E-state index is -0.273. The Kier molecular flexibility index (Phi) is 3.73. The molecule has 2 aromatic rings. The van der Waals surface area contributed by atoms with Crippen molar-refractivity contribution in [3.8, 4) is 6.07 Å². The normalized spacial score (nSPS) is 9.88. The van der Waals surface area contributed by atoms with E-state index in [0.29, 0.717) is 16.9 Å². The van der Waals surface area contributed by atoms with E-state index in [-0.39, 0.29) is 5.82 Å². The highest BCUT2D eigenvalue weighted by Gasteiger charge is 2.04. The summed E-state index contributed by atoms with van der Waals surface area (Å²) in [6.45, 7) is 0. The van der Waals surface area contributed by atoms with Crippen LogP contribution in [0.3, 0.4) is 0 Å². The second-order valence-corrected chi connectivity index (χ2v) is 4.44. The lowest BCUT2D eigenvalue weighted by Gasteiger charge is -2.03. The molecule has 1 heterocycles. The Morgan fingerprint density at radius 3 is 2.71 bits per heavy atom. The van der Waals surface area contributed by atoms with Gasteiger partial charge in [0.05, 0.1) is 11.6 Å². The number of pyridine rings is 1. The van der Waals surface area contributed by atoms with Gasteiger partial charge < -0.3 is 0 Å². The van der Waals surface area contributed by atoms with Crippen LogP contribution in [0.5, 0.6) is 0 Å². The second kappa shape index (κ2) is 5.46. The van der Waals surface area contributed by atoms with E-state index in [2.05, 4.69) is 4.98 Å². The van der Waals surface area contributed by atoms with E-state index in [1.165, 1.54) is 23.9 Å². The van der Waals surface area contributed by atoms with Gasteiger partial charge in [0.2, 0.25) is 0 Å². The third-order valence-electron chi connectivity index (χ3n) is 2.22. The molecule has 0 unspecified atom stereocenters. The number of nitrogens with zero attached hydrogens (tertiary/aromatic N) is 2. The molecule has 0 fully saturated rings. The summed E-state index contributed by atoms with van der Waals surface area (Å²) >= 11 is 1.52. The molecule has 84 valence electrons. The second-order valence-electron chi connectivity index (χ2n) is 3.39. The Morgan fingerprint density at radius 1 is 1.24 bits per heavy atom. The van der Waals surface area contributed by atoms with Gasteiger partial charge in [0, 0.05) is 23.0 Å². The van der Waals surface area contributed by atoms with Crippen LogP contribution in [0, 0.1) is 17.1 Å². The minimum Gasteiger partial charge on any atom is -0.265 e. The fraction of sp³-hybridized carbons (Fsp3) is 0.0769. The molecule has 0 aliphatic rings. The maximum absolute atomic E-state index is 13.5. The lowest BCUT2D eigenvalue weighted by atomic mass is 10.1. The number of thioether (sulfide) groups is 1. The van der Waals surface area contributed by atoms with E-state index < -0.39 is 0 Å². The number of aromatic nitrogens is 1. The van der Waals surface area contributed by atoms with Crippen molar-refractivity contribution in [2.75, 3.05) is 0 Å². The van der Waals surface area contributed by atoms with E-state index in [0.717, 1.165) is 4.90 Å². The SMILES string of the molecule is N#Cc1ccc(F)c(CSc2ccncc2)c1. The van der Waals surface area contributed by atoms with Crippen molar-refractivity contribution in [3.05, 3.63) is 59.7 Å². The highest BCUT2D eigenvalue weighted by atomic mass is 32.2.